The molecule has 2 N–H and O–H groups in total. The molecule has 9 heteroatoms. The highest BCUT2D eigenvalue weighted by molar-refractivity contribution is 14.0. The Labute approximate surface area is 182 Å². The first-order chi connectivity index (χ1) is 12.1. The molecule has 0 spiro atoms. The molecule has 0 saturated heterocycles. The average Bonchev–Trinajstić information content (AvgIpc) is 3.18. The van der Waals surface area contributed by atoms with Crippen LogP contribution in [0.3, 0.4) is 0 Å². The van der Waals surface area contributed by atoms with Crippen molar-refractivity contribution in [3.63, 3.8) is 0 Å². The summed E-state index contributed by atoms with van der Waals surface area (Å²) >= 11 is 5.27. The minimum Gasteiger partial charge on any atom is -0.454 e. The molecule has 0 fully saturated rings. The minimum absolute atomic E-state index is 0. The second kappa shape index (κ2) is 9.75. The normalized spacial score (nSPS) is 12.7. The van der Waals surface area contributed by atoms with E-state index in [1.807, 2.05) is 19.1 Å². The lowest BCUT2D eigenvalue weighted by Gasteiger charge is -2.12. The van der Waals surface area contributed by atoms with Crippen LogP contribution in [0.15, 0.2) is 21.6 Å². The molecule has 26 heavy (non-hydrogen) atoms. The molecule has 0 aliphatic carbocycles. The van der Waals surface area contributed by atoms with Crippen molar-refractivity contribution in [3.05, 3.63) is 37.7 Å². The van der Waals surface area contributed by atoms with E-state index in [2.05, 4.69) is 43.5 Å². The number of aryl methyl sites for hydroxylation is 2. The van der Waals surface area contributed by atoms with E-state index < -0.39 is 0 Å². The van der Waals surface area contributed by atoms with Crippen LogP contribution in [-0.2, 0) is 13.0 Å². The topological polar surface area (TPSA) is 67.8 Å². The lowest BCUT2D eigenvalue weighted by Crippen LogP contribution is -2.37. The van der Waals surface area contributed by atoms with Gasteiger partial charge in [-0.2, -0.15) is 0 Å². The van der Waals surface area contributed by atoms with Crippen molar-refractivity contribution in [2.45, 2.75) is 26.8 Å². The van der Waals surface area contributed by atoms with E-state index >= 15 is 0 Å². The Bertz CT molecular complexity index is 778. The zero-order valence-corrected chi connectivity index (χ0v) is 19.6. The van der Waals surface area contributed by atoms with Crippen molar-refractivity contribution in [1.82, 2.24) is 15.6 Å². The van der Waals surface area contributed by atoms with Gasteiger partial charge in [0, 0.05) is 31.4 Å². The van der Waals surface area contributed by atoms with Gasteiger partial charge in [0.15, 0.2) is 17.5 Å². The minimum atomic E-state index is 0. The number of nitrogens with one attached hydrogen (secondary N) is 2. The maximum atomic E-state index is 5.45. The molecule has 2 heterocycles. The second-order valence-corrected chi connectivity index (χ2v) is 7.81. The number of hydrogen-bond acceptors (Lipinski definition) is 5. The van der Waals surface area contributed by atoms with Crippen LogP contribution < -0.4 is 20.1 Å². The van der Waals surface area contributed by atoms with Crippen LogP contribution >= 0.6 is 51.2 Å². The highest BCUT2D eigenvalue weighted by Gasteiger charge is 2.17. The fraction of sp³-hybridized carbons (Fsp3) is 0.412. The van der Waals surface area contributed by atoms with Crippen LogP contribution in [0.25, 0.3) is 0 Å². The molecule has 0 unspecified atom stereocenters. The predicted octanol–water partition coefficient (Wildman–Crippen LogP) is 3.78. The number of rotatable bonds is 5. The molecule has 2 aromatic rings. The van der Waals surface area contributed by atoms with Gasteiger partial charge < -0.3 is 20.1 Å². The molecule has 1 aromatic heterocycles. The highest BCUT2D eigenvalue weighted by atomic mass is 127. The molecule has 0 atom stereocenters. The Morgan fingerprint density at radius 1 is 1.31 bits per heavy atom. The van der Waals surface area contributed by atoms with Crippen LogP contribution in [-0.4, -0.2) is 31.3 Å². The van der Waals surface area contributed by atoms with Gasteiger partial charge in [0.1, 0.15) is 0 Å². The van der Waals surface area contributed by atoms with Crippen LogP contribution in [0.5, 0.6) is 11.5 Å². The molecule has 3 rings (SSSR count). The van der Waals surface area contributed by atoms with Gasteiger partial charge >= 0.3 is 0 Å². The maximum absolute atomic E-state index is 5.45. The monoisotopic (exact) mass is 552 g/mol. The number of halogens is 2. The first-order valence-electron chi connectivity index (χ1n) is 8.02. The summed E-state index contributed by atoms with van der Waals surface area (Å²) in [6, 6.07) is 4.00. The van der Waals surface area contributed by atoms with Gasteiger partial charge in [-0.05, 0) is 47.5 Å². The molecule has 0 radical (unpaired) electrons. The molecular weight excluding hydrogens is 531 g/mol. The second-order valence-electron chi connectivity index (χ2n) is 5.66. The Morgan fingerprint density at radius 2 is 2.12 bits per heavy atom. The largest absolute Gasteiger partial charge is 0.454 e. The average molecular weight is 553 g/mol. The van der Waals surface area contributed by atoms with Crippen LogP contribution in [0.2, 0.25) is 0 Å². The summed E-state index contributed by atoms with van der Waals surface area (Å²) in [7, 11) is 1.77. The van der Waals surface area contributed by atoms with Crippen molar-refractivity contribution in [3.8, 4) is 11.5 Å². The van der Waals surface area contributed by atoms with E-state index in [1.54, 1.807) is 18.4 Å². The van der Waals surface area contributed by atoms with Gasteiger partial charge in [0.2, 0.25) is 6.79 Å². The highest BCUT2D eigenvalue weighted by Crippen LogP contribution is 2.39. The summed E-state index contributed by atoms with van der Waals surface area (Å²) in [5, 5.41) is 7.78. The van der Waals surface area contributed by atoms with Crippen LogP contribution in [0, 0.1) is 13.8 Å². The fourth-order valence-electron chi connectivity index (χ4n) is 2.46. The van der Waals surface area contributed by atoms with E-state index in [0.717, 1.165) is 51.2 Å². The number of guanidine groups is 1. The first kappa shape index (κ1) is 21.2. The van der Waals surface area contributed by atoms with Gasteiger partial charge in [0.25, 0.3) is 0 Å². The SMILES string of the molecule is CN=C(NCCc1nc(C)c(C)s1)NCc1cc(Br)c2c(c1)OCO2.I. The number of thiazole rings is 1. The third kappa shape index (κ3) is 5.23. The number of aromatic nitrogens is 1. The molecule has 142 valence electrons. The summed E-state index contributed by atoms with van der Waals surface area (Å²) in [6.07, 6.45) is 0.885. The number of nitrogens with zero attached hydrogens (tertiary/aromatic N) is 2. The smallest absolute Gasteiger partial charge is 0.231 e. The van der Waals surface area contributed by atoms with Gasteiger partial charge in [-0.3, -0.25) is 4.99 Å². The van der Waals surface area contributed by atoms with Crippen molar-refractivity contribution < 1.29 is 9.47 Å². The van der Waals surface area contributed by atoms with Gasteiger partial charge in [0.05, 0.1) is 15.2 Å². The van der Waals surface area contributed by atoms with E-state index in [9.17, 15) is 0 Å². The lowest BCUT2D eigenvalue weighted by atomic mass is 10.2. The van der Waals surface area contributed by atoms with Crippen molar-refractivity contribution >= 4 is 57.2 Å². The summed E-state index contributed by atoms with van der Waals surface area (Å²) < 4.78 is 11.8. The molecule has 1 aliphatic rings. The number of ether oxygens (including phenoxy) is 2. The number of benzene rings is 1. The van der Waals surface area contributed by atoms with Gasteiger partial charge in [-0.1, -0.05) is 0 Å². The third-order valence-corrected chi connectivity index (χ3v) is 5.60. The summed E-state index contributed by atoms with van der Waals surface area (Å²) in [5.41, 5.74) is 2.21. The maximum Gasteiger partial charge on any atom is 0.231 e. The Morgan fingerprint density at radius 3 is 2.81 bits per heavy atom. The molecular formula is C17H22BrIN4O2S. The summed E-state index contributed by atoms with van der Waals surface area (Å²) in [4.78, 5) is 10.1. The Hall–Kier alpha value is -1.07. The van der Waals surface area contributed by atoms with Crippen LogP contribution in [0.1, 0.15) is 21.1 Å². The Balaban J connectivity index is 0.00000243. The number of hydrogen-bond donors (Lipinski definition) is 2. The number of fused-ring (bicyclic) bond motifs is 1. The zero-order valence-electron chi connectivity index (χ0n) is 14.9. The lowest BCUT2D eigenvalue weighted by molar-refractivity contribution is 0.173. The van der Waals surface area contributed by atoms with Gasteiger partial charge in [-0.15, -0.1) is 35.3 Å². The Kier molecular flexibility index (Phi) is 7.96. The molecule has 1 aliphatic heterocycles. The molecule has 0 amide bonds. The van der Waals surface area contributed by atoms with Crippen molar-refractivity contribution in [1.29, 1.82) is 0 Å². The third-order valence-electron chi connectivity index (χ3n) is 3.87. The molecule has 0 bridgehead atoms. The van der Waals surface area contributed by atoms with Gasteiger partial charge in [-0.25, -0.2) is 4.98 Å². The molecule has 1 aromatic carbocycles. The van der Waals surface area contributed by atoms with Crippen molar-refractivity contribution in [2.75, 3.05) is 20.4 Å². The summed E-state index contributed by atoms with van der Waals surface area (Å²) in [6.45, 7) is 5.85. The van der Waals surface area contributed by atoms with E-state index in [1.165, 1.54) is 4.88 Å². The summed E-state index contributed by atoms with van der Waals surface area (Å²) in [5.74, 6) is 2.29. The predicted molar refractivity (Wildman–Crippen MR) is 119 cm³/mol. The van der Waals surface area contributed by atoms with E-state index in [4.69, 9.17) is 9.47 Å². The van der Waals surface area contributed by atoms with Crippen LogP contribution in [0.4, 0.5) is 0 Å². The quantitative estimate of drug-likeness (QED) is 0.336. The zero-order chi connectivity index (χ0) is 17.8. The van der Waals surface area contributed by atoms with E-state index in [0.29, 0.717) is 6.54 Å². The van der Waals surface area contributed by atoms with Crippen molar-refractivity contribution in [2.24, 2.45) is 4.99 Å². The van der Waals surface area contributed by atoms with E-state index in [-0.39, 0.29) is 30.8 Å². The fourth-order valence-corrected chi connectivity index (χ4v) is 4.00. The molecule has 6 nitrogen and oxygen atoms in total. The first-order valence-corrected chi connectivity index (χ1v) is 9.63. The number of aliphatic imine (C=N–C) groups is 1. The standard InChI is InChI=1S/C17H21BrN4O2S.HI/c1-10-11(2)25-15(22-10)4-5-20-17(19-3)21-8-12-6-13(18)16-14(7-12)23-9-24-16;/h6-7H,4-5,8-9H2,1-3H3,(H2,19,20,21);1H. The molecule has 0 saturated carbocycles.